The van der Waals surface area contributed by atoms with Crippen molar-refractivity contribution in [1.82, 2.24) is 0 Å². The highest BCUT2D eigenvalue weighted by atomic mass is 32.1. The third-order valence-electron chi connectivity index (χ3n) is 3.94. The first kappa shape index (κ1) is 20.6. The molecule has 2 aromatic rings. The molecule has 27 heavy (non-hydrogen) atoms. The van der Waals surface area contributed by atoms with Crippen LogP contribution in [0.5, 0.6) is 0 Å². The van der Waals surface area contributed by atoms with Crippen LogP contribution < -0.4 is 5.32 Å². The van der Waals surface area contributed by atoms with Crippen molar-refractivity contribution in [3.05, 3.63) is 51.4 Å². The van der Waals surface area contributed by atoms with Crippen LogP contribution in [0.15, 0.2) is 24.3 Å². The lowest BCUT2D eigenvalue weighted by Gasteiger charge is -2.07. The molecule has 1 amide bonds. The lowest BCUT2D eigenvalue weighted by molar-refractivity contribution is 0.0527. The summed E-state index contributed by atoms with van der Waals surface area (Å²) in [5, 5.41) is 3.01. The quantitative estimate of drug-likeness (QED) is 0.717. The van der Waals surface area contributed by atoms with E-state index in [1.165, 1.54) is 0 Å². The summed E-state index contributed by atoms with van der Waals surface area (Å²) in [7, 11) is 0. The van der Waals surface area contributed by atoms with Crippen molar-refractivity contribution < 1.29 is 23.9 Å². The first-order valence-corrected chi connectivity index (χ1v) is 9.62. The number of ether oxygens (including phenoxy) is 2. The summed E-state index contributed by atoms with van der Waals surface area (Å²) < 4.78 is 10.1. The Morgan fingerprint density at radius 1 is 0.963 bits per heavy atom. The predicted molar refractivity (Wildman–Crippen MR) is 105 cm³/mol. The third-order valence-corrected chi connectivity index (χ3v) is 5.13. The molecule has 0 aliphatic heterocycles. The zero-order chi connectivity index (χ0) is 20.0. The van der Waals surface area contributed by atoms with Crippen molar-refractivity contribution in [2.24, 2.45) is 0 Å². The minimum absolute atomic E-state index is 0.184. The molecule has 1 aromatic heterocycles. The smallest absolute Gasteiger partial charge is 0.348 e. The number of anilines is 1. The Bertz CT molecular complexity index is 839. The largest absolute Gasteiger partial charge is 0.462 e. The van der Waals surface area contributed by atoms with E-state index in [-0.39, 0.29) is 34.6 Å². The van der Waals surface area contributed by atoms with Gasteiger partial charge in [0, 0.05) is 5.56 Å². The molecule has 0 radical (unpaired) electrons. The molecule has 0 atom stereocenters. The number of aryl methyl sites for hydroxylation is 1. The third kappa shape index (κ3) is 4.74. The molecule has 1 N–H and O–H groups in total. The van der Waals surface area contributed by atoms with Gasteiger partial charge in [-0.15, -0.1) is 11.3 Å². The van der Waals surface area contributed by atoms with Gasteiger partial charge in [-0.05, 0) is 50.5 Å². The van der Waals surface area contributed by atoms with Crippen LogP contribution in [0.2, 0.25) is 0 Å². The van der Waals surface area contributed by atoms with E-state index in [9.17, 15) is 14.4 Å². The fraction of sp³-hybridized carbons (Fsp3) is 0.350. The van der Waals surface area contributed by atoms with Crippen molar-refractivity contribution in [1.29, 1.82) is 0 Å². The Kier molecular flexibility index (Phi) is 7.12. The van der Waals surface area contributed by atoms with E-state index in [0.717, 1.165) is 23.3 Å². The topological polar surface area (TPSA) is 81.7 Å². The van der Waals surface area contributed by atoms with Gasteiger partial charge in [-0.2, -0.15) is 0 Å². The molecule has 0 aliphatic carbocycles. The monoisotopic (exact) mass is 389 g/mol. The van der Waals surface area contributed by atoms with Crippen molar-refractivity contribution in [3.63, 3.8) is 0 Å². The van der Waals surface area contributed by atoms with Crippen LogP contribution in [0.25, 0.3) is 0 Å². The first-order valence-electron chi connectivity index (χ1n) is 8.80. The molecule has 6 nitrogen and oxygen atoms in total. The summed E-state index contributed by atoms with van der Waals surface area (Å²) in [6, 6.07) is 7.21. The summed E-state index contributed by atoms with van der Waals surface area (Å²) in [6.45, 7) is 7.48. The Balaban J connectivity index is 2.37. The van der Waals surface area contributed by atoms with Gasteiger partial charge in [0.05, 0.1) is 18.8 Å². The van der Waals surface area contributed by atoms with Crippen molar-refractivity contribution >= 4 is 34.2 Å². The zero-order valence-corrected chi connectivity index (χ0v) is 16.7. The summed E-state index contributed by atoms with van der Waals surface area (Å²) in [6.07, 6.45) is 0.877. The minimum Gasteiger partial charge on any atom is -0.462 e. The lowest BCUT2D eigenvalue weighted by Crippen LogP contribution is -2.15. The second-order valence-corrected chi connectivity index (χ2v) is 6.73. The minimum atomic E-state index is -0.585. The summed E-state index contributed by atoms with van der Waals surface area (Å²) in [4.78, 5) is 37.4. The number of carbonyl (C=O) groups excluding carboxylic acids is 3. The highest BCUT2D eigenvalue weighted by molar-refractivity contribution is 7.18. The standard InChI is InChI=1S/C20H23NO5S/c1-5-13-8-10-14(11-9-13)17(22)21-18-15(19(23)25-6-2)12(4)16(27-18)20(24)26-7-3/h8-11H,5-7H2,1-4H3,(H,21,22). The maximum atomic E-state index is 12.6. The Morgan fingerprint density at radius 3 is 2.11 bits per heavy atom. The van der Waals surface area contributed by atoms with Gasteiger partial charge < -0.3 is 14.8 Å². The molecule has 2 rings (SSSR count). The molecule has 1 heterocycles. The molecule has 0 spiro atoms. The van der Waals surface area contributed by atoms with Crippen LogP contribution in [0, 0.1) is 6.92 Å². The number of hydrogen-bond acceptors (Lipinski definition) is 6. The number of esters is 2. The average Bonchev–Trinajstić information content (AvgIpc) is 2.98. The van der Waals surface area contributed by atoms with Crippen LogP contribution in [0.1, 0.15) is 62.3 Å². The van der Waals surface area contributed by atoms with E-state index in [1.807, 2.05) is 19.1 Å². The molecule has 7 heteroatoms. The van der Waals surface area contributed by atoms with Gasteiger partial charge in [0.1, 0.15) is 9.88 Å². The van der Waals surface area contributed by atoms with Gasteiger partial charge in [0.15, 0.2) is 0 Å². The fourth-order valence-electron chi connectivity index (χ4n) is 2.51. The van der Waals surface area contributed by atoms with Gasteiger partial charge >= 0.3 is 11.9 Å². The number of benzene rings is 1. The number of thiophene rings is 1. The number of amides is 1. The van der Waals surface area contributed by atoms with Crippen LogP contribution in [0.3, 0.4) is 0 Å². The summed E-state index contributed by atoms with van der Waals surface area (Å²) in [5.41, 5.74) is 2.21. The van der Waals surface area contributed by atoms with Gasteiger partial charge in [0.25, 0.3) is 5.91 Å². The highest BCUT2D eigenvalue weighted by Crippen LogP contribution is 2.34. The maximum Gasteiger partial charge on any atom is 0.348 e. The fourth-order valence-corrected chi connectivity index (χ4v) is 3.59. The molecule has 0 fully saturated rings. The highest BCUT2D eigenvalue weighted by Gasteiger charge is 2.27. The molecule has 0 unspecified atom stereocenters. The summed E-state index contributed by atoms with van der Waals surface area (Å²) >= 11 is 1.01. The molecule has 0 saturated heterocycles. The molecule has 0 bridgehead atoms. The molecule has 144 valence electrons. The lowest BCUT2D eigenvalue weighted by atomic mass is 10.1. The summed E-state index contributed by atoms with van der Waals surface area (Å²) in [5.74, 6) is -1.48. The molecule has 0 aliphatic rings. The van der Waals surface area contributed by atoms with E-state index < -0.39 is 11.9 Å². The molecule has 0 saturated carbocycles. The van der Waals surface area contributed by atoms with Crippen LogP contribution in [-0.2, 0) is 15.9 Å². The Labute approximate surface area is 162 Å². The first-order chi connectivity index (χ1) is 12.9. The van der Waals surface area contributed by atoms with Crippen molar-refractivity contribution in [2.45, 2.75) is 34.1 Å². The SMILES string of the molecule is CCOC(=O)c1sc(NC(=O)c2ccc(CC)cc2)c(C(=O)OCC)c1C. The Morgan fingerprint density at radius 2 is 1.56 bits per heavy atom. The second kappa shape index (κ2) is 9.32. The van der Waals surface area contributed by atoms with Crippen LogP contribution in [-0.4, -0.2) is 31.1 Å². The average molecular weight is 389 g/mol. The van der Waals surface area contributed by atoms with Crippen molar-refractivity contribution in [2.75, 3.05) is 18.5 Å². The number of rotatable bonds is 7. The van der Waals surface area contributed by atoms with E-state index in [2.05, 4.69) is 5.32 Å². The van der Waals surface area contributed by atoms with Gasteiger partial charge in [0.2, 0.25) is 0 Å². The van der Waals surface area contributed by atoms with E-state index in [1.54, 1.807) is 32.9 Å². The number of nitrogens with one attached hydrogen (secondary N) is 1. The van der Waals surface area contributed by atoms with Crippen molar-refractivity contribution in [3.8, 4) is 0 Å². The van der Waals surface area contributed by atoms with Gasteiger partial charge in [-0.3, -0.25) is 4.79 Å². The van der Waals surface area contributed by atoms with E-state index >= 15 is 0 Å². The number of carbonyl (C=O) groups is 3. The van der Waals surface area contributed by atoms with E-state index in [4.69, 9.17) is 9.47 Å². The van der Waals surface area contributed by atoms with Crippen LogP contribution in [0.4, 0.5) is 5.00 Å². The van der Waals surface area contributed by atoms with Gasteiger partial charge in [-0.1, -0.05) is 19.1 Å². The van der Waals surface area contributed by atoms with E-state index in [0.29, 0.717) is 11.1 Å². The zero-order valence-electron chi connectivity index (χ0n) is 15.9. The maximum absolute atomic E-state index is 12.6. The van der Waals surface area contributed by atoms with Crippen LogP contribution >= 0.6 is 11.3 Å². The second-order valence-electron chi connectivity index (χ2n) is 5.71. The predicted octanol–water partition coefficient (Wildman–Crippen LogP) is 4.22. The normalized spacial score (nSPS) is 10.4. The molecular formula is C20H23NO5S. The molecule has 1 aromatic carbocycles. The van der Waals surface area contributed by atoms with Gasteiger partial charge in [-0.25, -0.2) is 9.59 Å². The number of hydrogen-bond donors (Lipinski definition) is 1. The Hall–Kier alpha value is -2.67. The molecular weight excluding hydrogens is 366 g/mol.